The quantitative estimate of drug-likeness (QED) is 0.166. The molecule has 7 aromatic carbocycles. The Morgan fingerprint density at radius 2 is 0.891 bits per heavy atom. The lowest BCUT2D eigenvalue weighted by Gasteiger charge is -2.13. The molecule has 0 radical (unpaired) electrons. The second kappa shape index (κ2) is 13.8. The van der Waals surface area contributed by atoms with Crippen molar-refractivity contribution in [2.75, 3.05) is 0 Å². The average molecular weight is 703 g/mol. The van der Waals surface area contributed by atoms with Crippen LogP contribution in [-0.2, 0) is 0 Å². The van der Waals surface area contributed by atoms with Gasteiger partial charge in [-0.15, -0.1) is 0 Å². The Hall–Kier alpha value is -7.43. The Kier molecular flexibility index (Phi) is 8.12. The van der Waals surface area contributed by atoms with Gasteiger partial charge in [0.1, 0.15) is 0 Å². The van der Waals surface area contributed by atoms with Gasteiger partial charge < -0.3 is 4.57 Å². The summed E-state index contributed by atoms with van der Waals surface area (Å²) in [5.74, 6) is 0.687. The van der Waals surface area contributed by atoms with Crippen LogP contribution >= 0.6 is 0 Å². The Labute approximate surface area is 319 Å². The molecule has 4 heteroatoms. The standard InChI is InChI=1S/C51H34N4/c1-6-17-35(18-7-1)44-34-52-49(38-23-12-4-13-24-38)48-43-32-40(29-30-47(43)55(50(44)48)42-27-14-5-15-28-42)39-25-16-26-41(31-39)51-53-45(36-19-8-2-9-20-36)33-46(54-51)37-21-10-3-11-22-37/h1-34H. The highest BCUT2D eigenvalue weighted by molar-refractivity contribution is 6.19. The van der Waals surface area contributed by atoms with Gasteiger partial charge in [-0.1, -0.05) is 164 Å². The first-order valence-electron chi connectivity index (χ1n) is 18.5. The van der Waals surface area contributed by atoms with Gasteiger partial charge in [-0.05, 0) is 53.1 Å². The van der Waals surface area contributed by atoms with Crippen molar-refractivity contribution >= 4 is 21.8 Å². The fourth-order valence-electron chi connectivity index (χ4n) is 7.64. The second-order valence-corrected chi connectivity index (χ2v) is 13.7. The molecule has 55 heavy (non-hydrogen) atoms. The van der Waals surface area contributed by atoms with Gasteiger partial charge in [0.15, 0.2) is 5.82 Å². The van der Waals surface area contributed by atoms with Crippen molar-refractivity contribution in [1.82, 2.24) is 19.5 Å². The summed E-state index contributed by atoms with van der Waals surface area (Å²) in [5, 5.41) is 2.26. The zero-order valence-corrected chi connectivity index (χ0v) is 29.9. The van der Waals surface area contributed by atoms with Crippen molar-refractivity contribution in [3.63, 3.8) is 0 Å². The van der Waals surface area contributed by atoms with E-state index in [-0.39, 0.29) is 0 Å². The highest BCUT2D eigenvalue weighted by Crippen LogP contribution is 2.43. The minimum absolute atomic E-state index is 0.687. The lowest BCUT2D eigenvalue weighted by atomic mass is 9.97. The molecule has 258 valence electrons. The summed E-state index contributed by atoms with van der Waals surface area (Å²) in [4.78, 5) is 15.4. The van der Waals surface area contributed by atoms with E-state index in [0.717, 1.165) is 89.1 Å². The van der Waals surface area contributed by atoms with Crippen molar-refractivity contribution in [3.8, 4) is 73.1 Å². The molecule has 0 amide bonds. The highest BCUT2D eigenvalue weighted by atomic mass is 15.0. The largest absolute Gasteiger partial charge is 0.308 e. The Bertz CT molecular complexity index is 2880. The maximum Gasteiger partial charge on any atom is 0.160 e. The van der Waals surface area contributed by atoms with Crippen LogP contribution in [0.15, 0.2) is 206 Å². The number of pyridine rings is 1. The maximum absolute atomic E-state index is 5.20. The van der Waals surface area contributed by atoms with Gasteiger partial charge in [0.25, 0.3) is 0 Å². The molecule has 4 nitrogen and oxygen atoms in total. The molecule has 0 aliphatic carbocycles. The average Bonchev–Trinajstić information content (AvgIpc) is 3.62. The maximum atomic E-state index is 5.20. The zero-order chi connectivity index (χ0) is 36.6. The summed E-state index contributed by atoms with van der Waals surface area (Å²) in [7, 11) is 0. The number of para-hydroxylation sites is 1. The van der Waals surface area contributed by atoms with E-state index in [0.29, 0.717) is 5.82 Å². The summed E-state index contributed by atoms with van der Waals surface area (Å²) in [6.07, 6.45) is 2.04. The highest BCUT2D eigenvalue weighted by Gasteiger charge is 2.22. The van der Waals surface area contributed by atoms with Gasteiger partial charge in [0, 0.05) is 50.5 Å². The third-order valence-electron chi connectivity index (χ3n) is 10.2. The van der Waals surface area contributed by atoms with Crippen molar-refractivity contribution in [2.45, 2.75) is 0 Å². The molecule has 0 atom stereocenters. The van der Waals surface area contributed by atoms with Crippen molar-refractivity contribution in [2.24, 2.45) is 0 Å². The lowest BCUT2D eigenvalue weighted by Crippen LogP contribution is -1.97. The zero-order valence-electron chi connectivity index (χ0n) is 29.9. The SMILES string of the molecule is c1ccc(-c2cc(-c3ccccc3)nc(-c3cccc(-c4ccc5c(c4)c4c(-c6ccccc6)ncc(-c6ccccc6)c4n5-c4ccccc4)c3)n2)cc1. The Balaban J connectivity index is 1.20. The first-order chi connectivity index (χ1) is 27.3. The fourth-order valence-corrected chi connectivity index (χ4v) is 7.64. The summed E-state index contributed by atoms with van der Waals surface area (Å²) in [6, 6.07) is 69.9. The molecule has 0 saturated heterocycles. The third-order valence-corrected chi connectivity index (χ3v) is 10.2. The van der Waals surface area contributed by atoms with E-state index in [1.807, 2.05) is 42.6 Å². The van der Waals surface area contributed by atoms with E-state index < -0.39 is 0 Å². The third kappa shape index (κ3) is 5.96. The molecule has 3 heterocycles. The van der Waals surface area contributed by atoms with Crippen LogP contribution in [0.2, 0.25) is 0 Å². The number of hydrogen-bond donors (Lipinski definition) is 0. The number of rotatable bonds is 7. The monoisotopic (exact) mass is 702 g/mol. The van der Waals surface area contributed by atoms with Gasteiger partial charge in [-0.2, -0.15) is 0 Å². The summed E-state index contributed by atoms with van der Waals surface area (Å²) < 4.78 is 2.40. The predicted molar refractivity (Wildman–Crippen MR) is 227 cm³/mol. The topological polar surface area (TPSA) is 43.6 Å². The van der Waals surface area contributed by atoms with Gasteiger partial charge in [0.05, 0.1) is 28.1 Å². The number of fused-ring (bicyclic) bond motifs is 3. The van der Waals surface area contributed by atoms with Crippen LogP contribution in [0.5, 0.6) is 0 Å². The van der Waals surface area contributed by atoms with E-state index >= 15 is 0 Å². The lowest BCUT2D eigenvalue weighted by molar-refractivity contribution is 1.18. The molecule has 0 bridgehead atoms. The van der Waals surface area contributed by atoms with Crippen LogP contribution in [0.3, 0.4) is 0 Å². The van der Waals surface area contributed by atoms with Crippen LogP contribution in [-0.4, -0.2) is 19.5 Å². The van der Waals surface area contributed by atoms with Crippen LogP contribution in [0.25, 0.3) is 94.9 Å². The van der Waals surface area contributed by atoms with Gasteiger partial charge in [-0.3, -0.25) is 4.98 Å². The molecular formula is C51H34N4. The summed E-state index contributed by atoms with van der Waals surface area (Å²) >= 11 is 0. The molecule has 0 unspecified atom stereocenters. The van der Waals surface area contributed by atoms with Crippen molar-refractivity contribution in [3.05, 3.63) is 206 Å². The Morgan fingerprint density at radius 1 is 0.382 bits per heavy atom. The molecule has 3 aromatic heterocycles. The molecule has 10 rings (SSSR count). The fraction of sp³-hybridized carbons (Fsp3) is 0. The number of aromatic nitrogens is 4. The minimum atomic E-state index is 0.687. The molecular weight excluding hydrogens is 669 g/mol. The van der Waals surface area contributed by atoms with Crippen LogP contribution in [0, 0.1) is 0 Å². The molecule has 0 aliphatic heterocycles. The first kappa shape index (κ1) is 32.2. The first-order valence-corrected chi connectivity index (χ1v) is 18.5. The van der Waals surface area contributed by atoms with Crippen molar-refractivity contribution < 1.29 is 0 Å². The summed E-state index contributed by atoms with van der Waals surface area (Å²) in [5.41, 5.74) is 14.6. The van der Waals surface area contributed by atoms with E-state index in [1.54, 1.807) is 0 Å². The summed E-state index contributed by atoms with van der Waals surface area (Å²) in [6.45, 7) is 0. The van der Waals surface area contributed by atoms with Crippen LogP contribution < -0.4 is 0 Å². The van der Waals surface area contributed by atoms with Gasteiger partial charge >= 0.3 is 0 Å². The van der Waals surface area contributed by atoms with Crippen molar-refractivity contribution in [1.29, 1.82) is 0 Å². The minimum Gasteiger partial charge on any atom is -0.308 e. The molecule has 0 spiro atoms. The van der Waals surface area contributed by atoms with E-state index in [2.05, 4.69) is 168 Å². The Morgan fingerprint density at radius 3 is 1.51 bits per heavy atom. The molecule has 0 N–H and O–H groups in total. The van der Waals surface area contributed by atoms with E-state index in [9.17, 15) is 0 Å². The molecule has 0 saturated carbocycles. The second-order valence-electron chi connectivity index (χ2n) is 13.7. The predicted octanol–water partition coefficient (Wildman–Crippen LogP) is 13.0. The molecule has 0 aliphatic rings. The number of nitrogens with zero attached hydrogens (tertiary/aromatic N) is 4. The van der Waals surface area contributed by atoms with E-state index in [1.165, 1.54) is 0 Å². The number of hydrogen-bond acceptors (Lipinski definition) is 3. The number of benzene rings is 7. The van der Waals surface area contributed by atoms with Gasteiger partial charge in [0.2, 0.25) is 0 Å². The smallest absolute Gasteiger partial charge is 0.160 e. The molecule has 0 fully saturated rings. The molecule has 10 aromatic rings. The van der Waals surface area contributed by atoms with Crippen LogP contribution in [0.1, 0.15) is 0 Å². The normalized spacial score (nSPS) is 11.3. The van der Waals surface area contributed by atoms with E-state index in [4.69, 9.17) is 15.0 Å². The van der Waals surface area contributed by atoms with Crippen LogP contribution in [0.4, 0.5) is 0 Å². The van der Waals surface area contributed by atoms with Gasteiger partial charge in [-0.25, -0.2) is 9.97 Å².